The third kappa shape index (κ3) is 2.02. The minimum absolute atomic E-state index is 0.0931. The summed E-state index contributed by atoms with van der Waals surface area (Å²) < 4.78 is 107. The Balaban J connectivity index is 5.42. The summed E-state index contributed by atoms with van der Waals surface area (Å²) in [6.45, 7) is 0. The van der Waals surface area contributed by atoms with Crippen LogP contribution in [0, 0.1) is 0 Å². The quantitative estimate of drug-likeness (QED) is 0.469. The van der Waals surface area contributed by atoms with Gasteiger partial charge in [-0.3, -0.25) is 10.1 Å². The van der Waals surface area contributed by atoms with E-state index >= 15 is 0 Å². The van der Waals surface area contributed by atoms with Gasteiger partial charge in [0.2, 0.25) is 0 Å². The predicted octanol–water partition coefficient (Wildman–Crippen LogP) is 2.07. The van der Waals surface area contributed by atoms with Gasteiger partial charge in [0.05, 0.1) is 0 Å². The lowest BCUT2D eigenvalue weighted by molar-refractivity contribution is -0.398. The summed E-state index contributed by atoms with van der Waals surface area (Å²) in [7, 11) is 0. The highest BCUT2D eigenvalue weighted by molar-refractivity contribution is 5.48. The maximum absolute atomic E-state index is 12.2. The minimum atomic E-state index is -7.01. The molecule has 0 atom stereocenters. The molecule has 1 radical (unpaired) electrons. The van der Waals surface area contributed by atoms with Gasteiger partial charge in [-0.2, -0.15) is 39.5 Å². The first-order valence-electron chi connectivity index (χ1n) is 3.15. The molecular formula is C5HF9NO. The average molecular weight is 262 g/mol. The van der Waals surface area contributed by atoms with E-state index in [9.17, 15) is 44.3 Å². The highest BCUT2D eigenvalue weighted by Crippen LogP contribution is 2.51. The van der Waals surface area contributed by atoms with Gasteiger partial charge in [-0.25, -0.2) is 0 Å². The van der Waals surface area contributed by atoms with Crippen LogP contribution in [0.5, 0.6) is 0 Å². The van der Waals surface area contributed by atoms with Gasteiger partial charge in [-0.05, 0) is 0 Å². The fourth-order valence-corrected chi connectivity index (χ4v) is 0.518. The number of hydrogen-bond acceptors (Lipinski definition) is 1. The van der Waals surface area contributed by atoms with Crippen molar-refractivity contribution in [1.82, 2.24) is 5.32 Å². The van der Waals surface area contributed by atoms with E-state index in [2.05, 4.69) is 0 Å². The molecule has 11 heteroatoms. The molecule has 95 valence electrons. The molecule has 0 unspecified atom stereocenters. The number of hydrogen-bond donors (Lipinski definition) is 1. The third-order valence-electron chi connectivity index (χ3n) is 1.35. The van der Waals surface area contributed by atoms with Crippen molar-refractivity contribution in [3.05, 3.63) is 0 Å². The van der Waals surface area contributed by atoms with Gasteiger partial charge < -0.3 is 0 Å². The topological polar surface area (TPSA) is 29.1 Å². The number of carbonyl (C=O) groups excluding carboxylic acids is 1. The van der Waals surface area contributed by atoms with Crippen molar-refractivity contribution in [2.24, 2.45) is 0 Å². The van der Waals surface area contributed by atoms with E-state index in [1.165, 1.54) is 0 Å². The van der Waals surface area contributed by atoms with E-state index in [1.54, 1.807) is 0 Å². The van der Waals surface area contributed by atoms with Crippen molar-refractivity contribution in [2.45, 2.75) is 24.1 Å². The minimum Gasteiger partial charge on any atom is -0.284 e. The Morgan fingerprint density at radius 1 is 0.750 bits per heavy atom. The highest BCUT2D eigenvalue weighted by Gasteiger charge is 2.82. The summed E-state index contributed by atoms with van der Waals surface area (Å²) in [5, 5.41) is -0.229. The standard InChI is InChI=1S/C5HF9NO/c6-2(7,4(10,11)12)3(8,9)5(13,14)15-1-16/h(H,15,16). The smallest absolute Gasteiger partial charge is 0.284 e. The molecule has 0 bridgehead atoms. The second kappa shape index (κ2) is 3.70. The molecule has 0 saturated heterocycles. The average Bonchev–Trinajstić information content (AvgIpc) is 2.01. The second-order valence-corrected chi connectivity index (χ2v) is 2.45. The molecule has 1 N–H and O–H groups in total. The first-order chi connectivity index (χ1) is 6.81. The molecule has 0 aromatic carbocycles. The molecule has 0 rings (SSSR count). The van der Waals surface area contributed by atoms with Gasteiger partial charge in [-0.15, -0.1) is 0 Å². The van der Waals surface area contributed by atoms with Gasteiger partial charge in [-0.1, -0.05) is 0 Å². The first-order valence-corrected chi connectivity index (χ1v) is 3.15. The largest absolute Gasteiger partial charge is 0.460 e. The highest BCUT2D eigenvalue weighted by atomic mass is 19.4. The summed E-state index contributed by atoms with van der Waals surface area (Å²) >= 11 is 0. The van der Waals surface area contributed by atoms with Crippen LogP contribution in [0.25, 0.3) is 0 Å². The number of alkyl halides is 9. The molecule has 0 aliphatic rings. The summed E-state index contributed by atoms with van der Waals surface area (Å²) in [4.78, 5) is 9.27. The predicted molar refractivity (Wildman–Crippen MR) is 29.7 cm³/mol. The van der Waals surface area contributed by atoms with Gasteiger partial charge in [0, 0.05) is 0 Å². The lowest BCUT2D eigenvalue weighted by Crippen LogP contribution is -2.65. The lowest BCUT2D eigenvalue weighted by Gasteiger charge is -2.32. The molecular weight excluding hydrogens is 261 g/mol. The summed E-state index contributed by atoms with van der Waals surface area (Å²) in [6.07, 6.45) is -6.99. The van der Waals surface area contributed by atoms with Crippen molar-refractivity contribution >= 4 is 6.41 Å². The van der Waals surface area contributed by atoms with Crippen LogP contribution >= 0.6 is 0 Å². The summed E-state index contributed by atoms with van der Waals surface area (Å²) in [5.74, 6) is -13.8. The third-order valence-corrected chi connectivity index (χ3v) is 1.35. The molecule has 0 heterocycles. The molecule has 0 aliphatic heterocycles. The van der Waals surface area contributed by atoms with Crippen LogP contribution in [0.15, 0.2) is 0 Å². The van der Waals surface area contributed by atoms with Crippen molar-refractivity contribution in [1.29, 1.82) is 0 Å². The SMILES string of the molecule is O=[C]NC(F)(F)C(F)(F)C(F)(F)C(F)(F)F. The Morgan fingerprint density at radius 3 is 1.38 bits per heavy atom. The van der Waals surface area contributed by atoms with Gasteiger partial charge in [0.1, 0.15) is 0 Å². The Morgan fingerprint density at radius 2 is 1.12 bits per heavy atom. The van der Waals surface area contributed by atoms with E-state index in [1.807, 2.05) is 0 Å². The first kappa shape index (κ1) is 14.8. The van der Waals surface area contributed by atoms with Gasteiger partial charge in [0.15, 0.2) is 0 Å². The van der Waals surface area contributed by atoms with Crippen molar-refractivity contribution in [3.63, 3.8) is 0 Å². The number of rotatable bonds is 4. The molecule has 0 aromatic heterocycles. The fraction of sp³-hybridized carbons (Fsp3) is 0.800. The molecule has 16 heavy (non-hydrogen) atoms. The van der Waals surface area contributed by atoms with Crippen molar-refractivity contribution < 1.29 is 44.3 Å². The van der Waals surface area contributed by atoms with E-state index in [0.29, 0.717) is 0 Å². The van der Waals surface area contributed by atoms with E-state index in [4.69, 9.17) is 0 Å². The number of amides is 1. The van der Waals surface area contributed by atoms with Crippen LogP contribution in [-0.2, 0) is 4.79 Å². The van der Waals surface area contributed by atoms with Crippen LogP contribution in [-0.4, -0.2) is 30.5 Å². The second-order valence-electron chi connectivity index (χ2n) is 2.45. The normalized spacial score (nSPS) is 14.8. The van der Waals surface area contributed by atoms with Crippen molar-refractivity contribution in [2.75, 3.05) is 0 Å². The lowest BCUT2D eigenvalue weighted by atomic mass is 10.1. The van der Waals surface area contributed by atoms with Crippen LogP contribution in [0.4, 0.5) is 39.5 Å². The maximum atomic E-state index is 12.2. The number of nitrogens with one attached hydrogen (secondary N) is 1. The maximum Gasteiger partial charge on any atom is 0.460 e. The zero-order valence-electron chi connectivity index (χ0n) is 6.81. The Bertz CT molecular complexity index is 270. The van der Waals surface area contributed by atoms with Crippen molar-refractivity contribution in [3.8, 4) is 0 Å². The van der Waals surface area contributed by atoms with Crippen LogP contribution in [0.2, 0.25) is 0 Å². The van der Waals surface area contributed by atoms with E-state index in [-0.39, 0.29) is 11.7 Å². The Hall–Kier alpha value is -1.16. The number of halogens is 9. The van der Waals surface area contributed by atoms with Crippen LogP contribution in [0.3, 0.4) is 0 Å². The molecule has 2 nitrogen and oxygen atoms in total. The van der Waals surface area contributed by atoms with E-state index < -0.39 is 24.1 Å². The molecule has 1 amide bonds. The molecule has 0 aliphatic carbocycles. The van der Waals surface area contributed by atoms with E-state index in [0.717, 1.165) is 0 Å². The van der Waals surface area contributed by atoms with Gasteiger partial charge >= 0.3 is 30.5 Å². The summed E-state index contributed by atoms with van der Waals surface area (Å²) in [6, 6.07) is -6.09. The monoisotopic (exact) mass is 262 g/mol. The fourth-order valence-electron chi connectivity index (χ4n) is 0.518. The Kier molecular flexibility index (Phi) is 3.43. The molecule has 0 fully saturated rings. The van der Waals surface area contributed by atoms with Crippen LogP contribution in [0.1, 0.15) is 0 Å². The Labute approximate surface area is 81.4 Å². The zero-order valence-corrected chi connectivity index (χ0v) is 6.81. The molecule has 0 saturated carbocycles. The van der Waals surface area contributed by atoms with Gasteiger partial charge in [0.25, 0.3) is 0 Å². The molecule has 0 spiro atoms. The zero-order chi connectivity index (χ0) is 13.4. The molecule has 0 aromatic rings. The van der Waals surface area contributed by atoms with Crippen LogP contribution < -0.4 is 5.32 Å². The summed E-state index contributed by atoms with van der Waals surface area (Å²) in [5.41, 5.74) is 0.